The van der Waals surface area contributed by atoms with Crippen LogP contribution < -0.4 is 9.80 Å². The number of nitrogens with zero attached hydrogens (tertiary/aromatic N) is 5. The first kappa shape index (κ1) is 19.8. The van der Waals surface area contributed by atoms with E-state index >= 15 is 0 Å². The Morgan fingerprint density at radius 1 is 1.00 bits per heavy atom. The minimum atomic E-state index is -0.00687. The van der Waals surface area contributed by atoms with E-state index in [1.807, 2.05) is 34.5 Å². The van der Waals surface area contributed by atoms with E-state index in [-0.39, 0.29) is 12.5 Å². The van der Waals surface area contributed by atoms with Crippen molar-refractivity contribution in [2.75, 3.05) is 22.9 Å². The fourth-order valence-electron chi connectivity index (χ4n) is 4.13. The molecule has 158 valence electrons. The van der Waals surface area contributed by atoms with Crippen molar-refractivity contribution in [2.45, 2.75) is 32.4 Å². The summed E-state index contributed by atoms with van der Waals surface area (Å²) >= 11 is 1.64. The van der Waals surface area contributed by atoms with Crippen LogP contribution in [0.2, 0.25) is 0 Å². The van der Waals surface area contributed by atoms with Crippen molar-refractivity contribution in [3.05, 3.63) is 70.9 Å². The molecule has 0 saturated carbocycles. The molecule has 1 aliphatic heterocycles. The van der Waals surface area contributed by atoms with Crippen molar-refractivity contribution in [1.29, 1.82) is 0 Å². The minimum absolute atomic E-state index is 0.00687. The predicted octanol–water partition coefficient (Wildman–Crippen LogP) is 4.72. The molecule has 2 aromatic heterocycles. The van der Waals surface area contributed by atoms with E-state index in [1.165, 1.54) is 24.9 Å². The first-order valence-electron chi connectivity index (χ1n) is 10.7. The average molecular weight is 432 g/mol. The summed E-state index contributed by atoms with van der Waals surface area (Å²) in [4.78, 5) is 17.7. The van der Waals surface area contributed by atoms with Gasteiger partial charge in [-0.2, -0.15) is 11.3 Å². The molecule has 1 fully saturated rings. The van der Waals surface area contributed by atoms with Crippen LogP contribution in [0.4, 0.5) is 11.4 Å². The van der Waals surface area contributed by atoms with Crippen LogP contribution in [-0.4, -0.2) is 34.0 Å². The molecule has 31 heavy (non-hydrogen) atoms. The largest absolute Gasteiger partial charge is 0.372 e. The zero-order valence-electron chi connectivity index (χ0n) is 17.4. The van der Waals surface area contributed by atoms with Gasteiger partial charge in [0.25, 0.3) is 0 Å². The van der Waals surface area contributed by atoms with Gasteiger partial charge in [-0.3, -0.25) is 4.79 Å². The van der Waals surface area contributed by atoms with Gasteiger partial charge in [0, 0.05) is 24.5 Å². The van der Waals surface area contributed by atoms with Crippen molar-refractivity contribution in [1.82, 2.24) is 15.0 Å². The maximum Gasteiger partial charge on any atom is 0.249 e. The van der Waals surface area contributed by atoms with Gasteiger partial charge in [-0.25, -0.2) is 4.68 Å². The summed E-state index contributed by atoms with van der Waals surface area (Å²) in [6.07, 6.45) is 3.81. The lowest BCUT2D eigenvalue weighted by Crippen LogP contribution is -2.34. The highest BCUT2D eigenvalue weighted by molar-refractivity contribution is 7.07. The molecule has 0 bridgehead atoms. The van der Waals surface area contributed by atoms with Crippen molar-refractivity contribution in [2.24, 2.45) is 0 Å². The first-order valence-corrected chi connectivity index (χ1v) is 11.7. The molecule has 0 aliphatic carbocycles. The molecule has 2 aromatic carbocycles. The van der Waals surface area contributed by atoms with Crippen LogP contribution in [0.15, 0.2) is 65.4 Å². The highest BCUT2D eigenvalue weighted by Gasteiger charge is 2.19. The van der Waals surface area contributed by atoms with Crippen LogP contribution in [0.25, 0.3) is 11.0 Å². The van der Waals surface area contributed by atoms with Crippen molar-refractivity contribution in [3.8, 4) is 0 Å². The molecule has 7 heteroatoms. The lowest BCUT2D eigenvalue weighted by molar-refractivity contribution is -0.119. The molecular formula is C24H25N5OS. The number of benzene rings is 2. The number of carbonyl (C=O) groups is 1. The molecule has 0 spiro atoms. The maximum atomic E-state index is 13.4. The van der Waals surface area contributed by atoms with Crippen LogP contribution in [0.1, 0.15) is 24.8 Å². The van der Waals surface area contributed by atoms with E-state index in [1.54, 1.807) is 16.0 Å². The normalized spacial score (nSPS) is 14.1. The first-order chi connectivity index (χ1) is 15.3. The molecule has 0 atom stereocenters. The summed E-state index contributed by atoms with van der Waals surface area (Å²) in [6, 6.07) is 18.2. The molecule has 1 saturated heterocycles. The molecule has 3 heterocycles. The monoisotopic (exact) mass is 431 g/mol. The number of aromatic nitrogens is 3. The van der Waals surface area contributed by atoms with Crippen LogP contribution in [0, 0.1) is 0 Å². The van der Waals surface area contributed by atoms with Crippen LogP contribution >= 0.6 is 11.3 Å². The Hall–Kier alpha value is -3.19. The number of carbonyl (C=O) groups excluding carboxylic acids is 1. The fraction of sp³-hybridized carbons (Fsp3) is 0.292. The van der Waals surface area contributed by atoms with Gasteiger partial charge in [-0.15, -0.1) is 5.10 Å². The Balaban J connectivity index is 1.40. The Bertz CT molecular complexity index is 1150. The summed E-state index contributed by atoms with van der Waals surface area (Å²) in [5.41, 5.74) is 4.93. The van der Waals surface area contributed by atoms with Crippen molar-refractivity contribution >= 4 is 39.7 Å². The Morgan fingerprint density at radius 3 is 2.58 bits per heavy atom. The number of piperidine rings is 1. The Labute approximate surface area is 185 Å². The van der Waals surface area contributed by atoms with E-state index in [2.05, 4.69) is 50.9 Å². The number of rotatable bonds is 6. The second-order valence-electron chi connectivity index (χ2n) is 7.91. The fourth-order valence-corrected chi connectivity index (χ4v) is 4.79. The molecular weight excluding hydrogens is 406 g/mol. The third kappa shape index (κ3) is 4.32. The molecule has 0 unspecified atom stereocenters. The zero-order chi connectivity index (χ0) is 21.0. The van der Waals surface area contributed by atoms with Crippen LogP contribution in [0.3, 0.4) is 0 Å². The van der Waals surface area contributed by atoms with E-state index in [4.69, 9.17) is 0 Å². The number of amides is 1. The second-order valence-corrected chi connectivity index (χ2v) is 8.69. The number of hydrogen-bond donors (Lipinski definition) is 0. The third-order valence-corrected chi connectivity index (χ3v) is 6.54. The van der Waals surface area contributed by atoms with Gasteiger partial charge in [0.15, 0.2) is 0 Å². The molecule has 0 N–H and O–H groups in total. The summed E-state index contributed by atoms with van der Waals surface area (Å²) in [5, 5.41) is 12.5. The van der Waals surface area contributed by atoms with Gasteiger partial charge in [-0.05, 0) is 78.1 Å². The van der Waals surface area contributed by atoms with E-state index < -0.39 is 0 Å². The van der Waals surface area contributed by atoms with Crippen molar-refractivity contribution < 1.29 is 4.79 Å². The smallest absolute Gasteiger partial charge is 0.249 e. The van der Waals surface area contributed by atoms with Crippen LogP contribution in [-0.2, 0) is 17.9 Å². The number of thiophene rings is 1. The summed E-state index contributed by atoms with van der Waals surface area (Å²) in [5.74, 6) is -0.00687. The Morgan fingerprint density at radius 2 is 1.81 bits per heavy atom. The number of anilines is 2. The molecule has 1 amide bonds. The lowest BCUT2D eigenvalue weighted by Gasteiger charge is -2.29. The van der Waals surface area contributed by atoms with Crippen molar-refractivity contribution in [3.63, 3.8) is 0 Å². The summed E-state index contributed by atoms with van der Waals surface area (Å²) < 4.78 is 1.68. The van der Waals surface area contributed by atoms with Gasteiger partial charge >= 0.3 is 0 Å². The minimum Gasteiger partial charge on any atom is -0.372 e. The van der Waals surface area contributed by atoms with E-state index in [0.29, 0.717) is 6.54 Å². The predicted molar refractivity (Wildman–Crippen MR) is 126 cm³/mol. The summed E-state index contributed by atoms with van der Waals surface area (Å²) in [7, 11) is 0. The van der Waals surface area contributed by atoms with Gasteiger partial charge < -0.3 is 9.80 Å². The van der Waals surface area contributed by atoms with E-state index in [9.17, 15) is 4.79 Å². The van der Waals surface area contributed by atoms with Gasteiger partial charge in [0.05, 0.1) is 12.1 Å². The molecule has 4 aromatic rings. The maximum absolute atomic E-state index is 13.4. The Kier molecular flexibility index (Phi) is 5.67. The number of fused-ring (bicyclic) bond motifs is 1. The number of hydrogen-bond acceptors (Lipinski definition) is 5. The molecule has 0 radical (unpaired) electrons. The van der Waals surface area contributed by atoms with Gasteiger partial charge in [0.1, 0.15) is 12.1 Å². The SMILES string of the molecule is O=C(Cn1nnc2ccccc21)N(Cc1ccsc1)c1ccc(N2CCCCC2)cc1. The lowest BCUT2D eigenvalue weighted by atomic mass is 10.1. The van der Waals surface area contributed by atoms with Gasteiger partial charge in [0.2, 0.25) is 5.91 Å². The highest BCUT2D eigenvalue weighted by atomic mass is 32.1. The summed E-state index contributed by atoms with van der Waals surface area (Å²) in [6.45, 7) is 2.91. The second kappa shape index (κ2) is 8.89. The highest BCUT2D eigenvalue weighted by Crippen LogP contribution is 2.25. The topological polar surface area (TPSA) is 54.3 Å². The molecule has 6 nitrogen and oxygen atoms in total. The van der Waals surface area contributed by atoms with Gasteiger partial charge in [-0.1, -0.05) is 17.3 Å². The zero-order valence-corrected chi connectivity index (χ0v) is 18.2. The quantitative estimate of drug-likeness (QED) is 0.443. The standard InChI is InChI=1S/C24H25N5OS/c30-24(17-29-23-7-3-2-6-22(23)25-26-29)28(16-19-12-15-31-18-19)21-10-8-20(9-11-21)27-13-4-1-5-14-27/h2-3,6-12,15,18H,1,4-5,13-14,16-17H2. The van der Waals surface area contributed by atoms with E-state index in [0.717, 1.165) is 35.4 Å². The average Bonchev–Trinajstić information content (AvgIpc) is 3.48. The molecule has 5 rings (SSSR count). The van der Waals surface area contributed by atoms with Crippen LogP contribution in [0.5, 0.6) is 0 Å². The third-order valence-electron chi connectivity index (χ3n) is 5.81. The number of para-hydroxylation sites is 1. The molecule has 1 aliphatic rings.